The normalized spacial score (nSPS) is 20.0. The summed E-state index contributed by atoms with van der Waals surface area (Å²) in [6, 6.07) is 11.2. The molecule has 1 atom stereocenters. The van der Waals surface area contributed by atoms with Crippen LogP contribution in [0.3, 0.4) is 0 Å². The molecule has 0 radical (unpaired) electrons. The first-order valence-corrected chi connectivity index (χ1v) is 12.7. The van der Waals surface area contributed by atoms with E-state index in [1.165, 1.54) is 11.8 Å². The zero-order valence-electron chi connectivity index (χ0n) is 19.7. The van der Waals surface area contributed by atoms with Crippen LogP contribution in [0.4, 0.5) is 16.2 Å². The smallest absolute Gasteiger partial charge is 0.414 e. The molecule has 0 bridgehead atoms. The lowest BCUT2D eigenvalue weighted by Gasteiger charge is -2.39. The largest absolute Gasteiger partial charge is 0.497 e. The van der Waals surface area contributed by atoms with Gasteiger partial charge in [0.15, 0.2) is 0 Å². The Morgan fingerprint density at radius 2 is 2.03 bits per heavy atom. The maximum atomic E-state index is 12.5. The Morgan fingerprint density at radius 3 is 2.89 bits per heavy atom. The topological polar surface area (TPSA) is 106 Å². The van der Waals surface area contributed by atoms with Gasteiger partial charge in [-0.3, -0.25) is 14.6 Å². The highest BCUT2D eigenvalue weighted by molar-refractivity contribution is 8.00. The van der Waals surface area contributed by atoms with Crippen molar-refractivity contribution >= 4 is 46.2 Å². The molecule has 0 saturated carbocycles. The number of hydrogen-bond donors (Lipinski definition) is 1. The molecule has 2 saturated heterocycles. The summed E-state index contributed by atoms with van der Waals surface area (Å²) in [6.07, 6.45) is 1.07. The molecular formula is C25H25N5O5S. The molecule has 2 aromatic carbocycles. The van der Waals surface area contributed by atoms with Gasteiger partial charge in [0.1, 0.15) is 11.9 Å². The molecule has 0 aliphatic carbocycles. The molecular weight excluding hydrogens is 482 g/mol. The second kappa shape index (κ2) is 9.47. The van der Waals surface area contributed by atoms with E-state index in [9.17, 15) is 9.59 Å². The molecule has 3 aromatic rings. The van der Waals surface area contributed by atoms with E-state index in [0.29, 0.717) is 37.2 Å². The average Bonchev–Trinajstić information content (AvgIpc) is 3.24. The summed E-state index contributed by atoms with van der Waals surface area (Å²) in [5.41, 5.74) is 2.99. The third-order valence-electron chi connectivity index (χ3n) is 6.47. The highest BCUT2D eigenvalue weighted by Gasteiger charge is 2.37. The Bertz CT molecular complexity index is 1330. The van der Waals surface area contributed by atoms with Gasteiger partial charge in [-0.1, -0.05) is 0 Å². The van der Waals surface area contributed by atoms with Crippen molar-refractivity contribution in [1.29, 1.82) is 0 Å². The number of methoxy groups -OCH3 is 1. The fourth-order valence-corrected chi connectivity index (χ4v) is 5.45. The zero-order chi connectivity index (χ0) is 24.6. The Labute approximate surface area is 211 Å². The number of amides is 2. The van der Waals surface area contributed by atoms with Crippen molar-refractivity contribution in [2.24, 2.45) is 5.92 Å². The van der Waals surface area contributed by atoms with Crippen molar-refractivity contribution in [2.45, 2.75) is 11.0 Å². The molecule has 10 nitrogen and oxygen atoms in total. The van der Waals surface area contributed by atoms with Gasteiger partial charge in [-0.15, -0.1) is 11.8 Å². The lowest BCUT2D eigenvalue weighted by atomic mass is 10.0. The van der Waals surface area contributed by atoms with Gasteiger partial charge in [0.25, 0.3) is 0 Å². The zero-order valence-corrected chi connectivity index (χ0v) is 20.5. The Hall–Kier alpha value is -3.57. The summed E-state index contributed by atoms with van der Waals surface area (Å²) in [7, 11) is 1.62. The maximum absolute atomic E-state index is 12.5. The number of ether oxygens (including phenoxy) is 3. The van der Waals surface area contributed by atoms with Crippen LogP contribution in [-0.2, 0) is 9.53 Å². The maximum Gasteiger partial charge on any atom is 0.414 e. The standard InChI is InChI=1S/C25H25N5O5S/c1-33-17-3-4-19-20(7-17)28-24(8-26-19)34-13-15-9-29(10-15)11-18-12-30(25(32)35-18)16-2-5-22-21(6-16)27-23(31)14-36-22/h2-8,15,18H,9-14H2,1H3,(H,27,31). The van der Waals surface area contributed by atoms with Gasteiger partial charge < -0.3 is 19.5 Å². The number of aromatic nitrogens is 2. The molecule has 6 rings (SSSR count). The van der Waals surface area contributed by atoms with Crippen LogP contribution in [0.5, 0.6) is 11.6 Å². The van der Waals surface area contributed by atoms with Gasteiger partial charge in [-0.05, 0) is 30.3 Å². The number of cyclic esters (lactones) is 1. The molecule has 11 heteroatoms. The van der Waals surface area contributed by atoms with Crippen molar-refractivity contribution in [3.05, 3.63) is 42.6 Å². The van der Waals surface area contributed by atoms with Gasteiger partial charge in [0.2, 0.25) is 11.8 Å². The summed E-state index contributed by atoms with van der Waals surface area (Å²) in [6.45, 7) is 3.43. The number of benzene rings is 2. The van der Waals surface area contributed by atoms with Crippen LogP contribution in [0.2, 0.25) is 0 Å². The van der Waals surface area contributed by atoms with E-state index < -0.39 is 0 Å². The first-order valence-electron chi connectivity index (χ1n) is 11.7. The lowest BCUT2D eigenvalue weighted by molar-refractivity contribution is -0.113. The Balaban J connectivity index is 0.988. The number of anilines is 2. The monoisotopic (exact) mass is 507 g/mol. The second-order valence-corrected chi connectivity index (χ2v) is 10.1. The quantitative estimate of drug-likeness (QED) is 0.516. The SMILES string of the molecule is COc1ccc2ncc(OCC3CN(CC4CN(c5ccc6c(c5)NC(=O)CS6)C(=O)O4)C3)nc2c1. The highest BCUT2D eigenvalue weighted by atomic mass is 32.2. The molecule has 3 aliphatic rings. The number of rotatable bonds is 7. The molecule has 3 aliphatic heterocycles. The number of carbonyl (C=O) groups is 2. The third kappa shape index (κ3) is 4.63. The molecule has 2 amide bonds. The first kappa shape index (κ1) is 22.9. The number of carbonyl (C=O) groups excluding carboxylic acids is 2. The molecule has 36 heavy (non-hydrogen) atoms. The van der Waals surface area contributed by atoms with Gasteiger partial charge in [-0.25, -0.2) is 14.8 Å². The third-order valence-corrected chi connectivity index (χ3v) is 7.54. The van der Waals surface area contributed by atoms with Crippen LogP contribution in [0.15, 0.2) is 47.5 Å². The van der Waals surface area contributed by atoms with Crippen LogP contribution in [-0.4, -0.2) is 78.6 Å². The van der Waals surface area contributed by atoms with Gasteiger partial charge in [0.05, 0.1) is 48.9 Å². The molecule has 0 spiro atoms. The summed E-state index contributed by atoms with van der Waals surface area (Å²) < 4.78 is 16.8. The van der Waals surface area contributed by atoms with Gasteiger partial charge >= 0.3 is 6.09 Å². The van der Waals surface area contributed by atoms with E-state index in [-0.39, 0.29) is 18.1 Å². The van der Waals surface area contributed by atoms with Crippen LogP contribution in [0.25, 0.3) is 11.0 Å². The van der Waals surface area contributed by atoms with E-state index in [1.807, 2.05) is 36.4 Å². The van der Waals surface area contributed by atoms with Crippen molar-refractivity contribution in [3.8, 4) is 11.6 Å². The van der Waals surface area contributed by atoms with Crippen molar-refractivity contribution in [2.75, 3.05) is 55.9 Å². The van der Waals surface area contributed by atoms with Crippen LogP contribution < -0.4 is 19.7 Å². The summed E-state index contributed by atoms with van der Waals surface area (Å²) in [5, 5.41) is 2.87. The van der Waals surface area contributed by atoms with E-state index in [0.717, 1.165) is 46.1 Å². The van der Waals surface area contributed by atoms with Crippen molar-refractivity contribution < 1.29 is 23.8 Å². The number of likely N-dealkylation sites (tertiary alicyclic amines) is 1. The molecule has 2 fully saturated rings. The van der Waals surface area contributed by atoms with Crippen LogP contribution in [0.1, 0.15) is 0 Å². The van der Waals surface area contributed by atoms with E-state index in [1.54, 1.807) is 18.2 Å². The molecule has 186 valence electrons. The molecule has 1 aromatic heterocycles. The van der Waals surface area contributed by atoms with E-state index >= 15 is 0 Å². The van der Waals surface area contributed by atoms with E-state index in [2.05, 4.69) is 20.2 Å². The lowest BCUT2D eigenvalue weighted by Crippen LogP contribution is -2.52. The number of hydrogen-bond acceptors (Lipinski definition) is 9. The summed E-state index contributed by atoms with van der Waals surface area (Å²) in [4.78, 5) is 38.0. The Kier molecular flexibility index (Phi) is 6.02. The molecule has 1 N–H and O–H groups in total. The summed E-state index contributed by atoms with van der Waals surface area (Å²) in [5.74, 6) is 1.98. The fourth-order valence-electron chi connectivity index (χ4n) is 4.66. The van der Waals surface area contributed by atoms with Crippen molar-refractivity contribution in [3.63, 3.8) is 0 Å². The fraction of sp³-hybridized carbons (Fsp3) is 0.360. The minimum atomic E-state index is -0.360. The van der Waals surface area contributed by atoms with E-state index in [4.69, 9.17) is 14.2 Å². The number of nitrogens with zero attached hydrogens (tertiary/aromatic N) is 4. The predicted octanol–water partition coefficient (Wildman–Crippen LogP) is 3.02. The number of fused-ring (bicyclic) bond motifs is 2. The minimum absolute atomic E-state index is 0.0317. The highest BCUT2D eigenvalue weighted by Crippen LogP contribution is 2.35. The number of thioether (sulfide) groups is 1. The number of nitrogens with one attached hydrogen (secondary N) is 1. The summed E-state index contributed by atoms with van der Waals surface area (Å²) >= 11 is 1.50. The Morgan fingerprint density at radius 1 is 1.14 bits per heavy atom. The minimum Gasteiger partial charge on any atom is -0.497 e. The van der Waals surface area contributed by atoms with Crippen LogP contribution in [0, 0.1) is 5.92 Å². The average molecular weight is 508 g/mol. The van der Waals surface area contributed by atoms with Crippen molar-refractivity contribution in [1.82, 2.24) is 14.9 Å². The molecule has 1 unspecified atom stereocenters. The van der Waals surface area contributed by atoms with Gasteiger partial charge in [0, 0.05) is 42.2 Å². The second-order valence-electron chi connectivity index (χ2n) is 9.09. The molecule has 4 heterocycles. The van der Waals surface area contributed by atoms with Gasteiger partial charge in [-0.2, -0.15) is 0 Å². The first-order chi connectivity index (χ1) is 17.5. The van der Waals surface area contributed by atoms with Crippen LogP contribution >= 0.6 is 11.8 Å². The predicted molar refractivity (Wildman–Crippen MR) is 135 cm³/mol.